The molecule has 0 saturated carbocycles. The molecule has 1 aliphatic rings. The maximum Gasteiger partial charge on any atom is 0.230 e. The number of methoxy groups -OCH3 is 1. The van der Waals surface area contributed by atoms with E-state index in [2.05, 4.69) is 52.0 Å². The lowest BCUT2D eigenvalue weighted by Crippen LogP contribution is -2.41. The third kappa shape index (κ3) is 2.44. The van der Waals surface area contributed by atoms with E-state index in [0.29, 0.717) is 5.92 Å². The molecule has 0 saturated heterocycles. The molecule has 2 heteroatoms. The summed E-state index contributed by atoms with van der Waals surface area (Å²) in [4.78, 5) is 0. The standard InChI is InChI=1S/C16H22O2/c1-11(2)9-16(17-5)10-13(4)14-7-6-12(3)8-15(14)18-16/h6-9,13H,10H2,1-5H3. The molecule has 98 valence electrons. The molecule has 0 N–H and O–H groups in total. The largest absolute Gasteiger partial charge is 0.458 e. The van der Waals surface area contributed by atoms with E-state index in [9.17, 15) is 0 Å². The van der Waals surface area contributed by atoms with Gasteiger partial charge in [-0.25, -0.2) is 0 Å². The van der Waals surface area contributed by atoms with Crippen molar-refractivity contribution in [3.05, 3.63) is 41.0 Å². The van der Waals surface area contributed by atoms with E-state index in [1.807, 2.05) is 0 Å². The Morgan fingerprint density at radius 2 is 2.17 bits per heavy atom. The summed E-state index contributed by atoms with van der Waals surface area (Å²) < 4.78 is 11.8. The van der Waals surface area contributed by atoms with E-state index in [4.69, 9.17) is 9.47 Å². The molecule has 0 fully saturated rings. The zero-order valence-electron chi connectivity index (χ0n) is 11.9. The fraction of sp³-hybridized carbons (Fsp3) is 0.500. The van der Waals surface area contributed by atoms with E-state index >= 15 is 0 Å². The van der Waals surface area contributed by atoms with Crippen LogP contribution in [0.15, 0.2) is 29.8 Å². The minimum absolute atomic E-state index is 0.435. The van der Waals surface area contributed by atoms with Crippen molar-refractivity contribution in [3.63, 3.8) is 0 Å². The first-order valence-corrected chi connectivity index (χ1v) is 6.46. The monoisotopic (exact) mass is 246 g/mol. The third-order valence-electron chi connectivity index (χ3n) is 3.43. The van der Waals surface area contributed by atoms with Crippen molar-refractivity contribution in [3.8, 4) is 5.75 Å². The normalized spacial score (nSPS) is 26.2. The van der Waals surface area contributed by atoms with Crippen LogP contribution in [0.5, 0.6) is 5.75 Å². The number of fused-ring (bicyclic) bond motifs is 1. The highest BCUT2D eigenvalue weighted by molar-refractivity contribution is 5.42. The average Bonchev–Trinajstić information content (AvgIpc) is 2.27. The Balaban J connectivity index is 2.44. The highest BCUT2D eigenvalue weighted by atomic mass is 16.7. The molecule has 0 spiro atoms. The number of hydrogen-bond acceptors (Lipinski definition) is 2. The summed E-state index contributed by atoms with van der Waals surface area (Å²) in [5.41, 5.74) is 3.70. The first kappa shape index (κ1) is 13.2. The van der Waals surface area contributed by atoms with Gasteiger partial charge in [0.2, 0.25) is 5.79 Å². The smallest absolute Gasteiger partial charge is 0.230 e. The second-order valence-electron chi connectivity index (χ2n) is 5.49. The van der Waals surface area contributed by atoms with Gasteiger partial charge >= 0.3 is 0 Å². The Morgan fingerprint density at radius 1 is 1.44 bits per heavy atom. The number of allylic oxidation sites excluding steroid dienone is 1. The molecular weight excluding hydrogens is 224 g/mol. The Bertz CT molecular complexity index is 472. The van der Waals surface area contributed by atoms with E-state index < -0.39 is 5.79 Å². The van der Waals surface area contributed by atoms with Gasteiger partial charge in [-0.1, -0.05) is 24.6 Å². The molecule has 2 unspecified atom stereocenters. The van der Waals surface area contributed by atoms with Gasteiger partial charge in [0.1, 0.15) is 5.75 Å². The van der Waals surface area contributed by atoms with Crippen LogP contribution in [0.25, 0.3) is 0 Å². The molecule has 0 aromatic heterocycles. The van der Waals surface area contributed by atoms with Crippen LogP contribution in [0, 0.1) is 6.92 Å². The Labute approximate surface area is 110 Å². The molecule has 0 radical (unpaired) electrons. The number of benzene rings is 1. The third-order valence-corrected chi connectivity index (χ3v) is 3.43. The van der Waals surface area contributed by atoms with Crippen LogP contribution in [0.4, 0.5) is 0 Å². The molecule has 1 aromatic carbocycles. The van der Waals surface area contributed by atoms with Gasteiger partial charge in [-0.05, 0) is 50.0 Å². The Kier molecular flexibility index (Phi) is 3.49. The molecule has 0 amide bonds. The molecule has 0 bridgehead atoms. The first-order valence-electron chi connectivity index (χ1n) is 6.46. The molecule has 18 heavy (non-hydrogen) atoms. The summed E-state index contributed by atoms with van der Waals surface area (Å²) in [7, 11) is 1.72. The molecule has 1 heterocycles. The SMILES string of the molecule is COC1(C=C(C)C)CC(C)c2ccc(C)cc2O1. The fourth-order valence-corrected chi connectivity index (χ4v) is 2.61. The van der Waals surface area contributed by atoms with E-state index in [0.717, 1.165) is 12.2 Å². The van der Waals surface area contributed by atoms with Gasteiger partial charge in [0, 0.05) is 13.5 Å². The van der Waals surface area contributed by atoms with Crippen molar-refractivity contribution in [2.45, 2.75) is 45.8 Å². The lowest BCUT2D eigenvalue weighted by Gasteiger charge is -2.38. The molecule has 2 nitrogen and oxygen atoms in total. The van der Waals surface area contributed by atoms with E-state index in [-0.39, 0.29) is 0 Å². The second kappa shape index (κ2) is 4.77. The molecule has 1 aliphatic heterocycles. The lowest BCUT2D eigenvalue weighted by atomic mass is 9.88. The summed E-state index contributed by atoms with van der Waals surface area (Å²) in [6, 6.07) is 6.40. The molecule has 1 aromatic rings. The van der Waals surface area contributed by atoms with Gasteiger partial charge in [0.15, 0.2) is 0 Å². The van der Waals surface area contributed by atoms with E-state index in [1.54, 1.807) is 7.11 Å². The number of aryl methyl sites for hydroxylation is 1. The minimum Gasteiger partial charge on any atom is -0.458 e. The topological polar surface area (TPSA) is 18.5 Å². The van der Waals surface area contributed by atoms with Gasteiger partial charge in [0.05, 0.1) is 0 Å². The van der Waals surface area contributed by atoms with Crippen LogP contribution < -0.4 is 4.74 Å². The van der Waals surface area contributed by atoms with Crippen LogP contribution in [0.3, 0.4) is 0 Å². The Morgan fingerprint density at radius 3 is 2.78 bits per heavy atom. The lowest BCUT2D eigenvalue weighted by molar-refractivity contribution is -0.141. The van der Waals surface area contributed by atoms with Crippen LogP contribution in [0.1, 0.15) is 44.2 Å². The van der Waals surface area contributed by atoms with Gasteiger partial charge < -0.3 is 9.47 Å². The molecule has 2 rings (SSSR count). The maximum atomic E-state index is 6.13. The highest BCUT2D eigenvalue weighted by Gasteiger charge is 2.37. The predicted molar refractivity (Wildman–Crippen MR) is 74.0 cm³/mol. The number of hydrogen-bond donors (Lipinski definition) is 0. The summed E-state index contributed by atoms with van der Waals surface area (Å²) in [6.07, 6.45) is 2.93. The summed E-state index contributed by atoms with van der Waals surface area (Å²) in [6.45, 7) is 8.45. The van der Waals surface area contributed by atoms with Crippen molar-refractivity contribution in [2.24, 2.45) is 0 Å². The van der Waals surface area contributed by atoms with Crippen LogP contribution in [-0.2, 0) is 4.74 Å². The fourth-order valence-electron chi connectivity index (χ4n) is 2.61. The predicted octanol–water partition coefficient (Wildman–Crippen LogP) is 4.19. The number of ether oxygens (including phenoxy) is 2. The second-order valence-corrected chi connectivity index (χ2v) is 5.49. The maximum absolute atomic E-state index is 6.13. The zero-order chi connectivity index (χ0) is 13.3. The van der Waals surface area contributed by atoms with Crippen LogP contribution >= 0.6 is 0 Å². The van der Waals surface area contributed by atoms with Crippen molar-refractivity contribution in [1.82, 2.24) is 0 Å². The zero-order valence-corrected chi connectivity index (χ0v) is 11.9. The van der Waals surface area contributed by atoms with Crippen LogP contribution in [-0.4, -0.2) is 12.9 Å². The summed E-state index contributed by atoms with van der Waals surface area (Å²) in [5.74, 6) is 0.775. The summed E-state index contributed by atoms with van der Waals surface area (Å²) >= 11 is 0. The molecule has 2 atom stereocenters. The molecular formula is C16H22O2. The Hall–Kier alpha value is -1.28. The quantitative estimate of drug-likeness (QED) is 0.728. The highest BCUT2D eigenvalue weighted by Crippen LogP contribution is 2.42. The summed E-state index contributed by atoms with van der Waals surface area (Å²) in [5, 5.41) is 0. The van der Waals surface area contributed by atoms with Gasteiger partial charge in [-0.15, -0.1) is 0 Å². The molecule has 0 aliphatic carbocycles. The van der Waals surface area contributed by atoms with Crippen molar-refractivity contribution in [2.75, 3.05) is 7.11 Å². The first-order chi connectivity index (χ1) is 8.46. The van der Waals surface area contributed by atoms with E-state index in [1.165, 1.54) is 16.7 Å². The van der Waals surface area contributed by atoms with Crippen molar-refractivity contribution < 1.29 is 9.47 Å². The van der Waals surface area contributed by atoms with Gasteiger partial charge in [-0.2, -0.15) is 0 Å². The van der Waals surface area contributed by atoms with Crippen molar-refractivity contribution >= 4 is 0 Å². The van der Waals surface area contributed by atoms with Gasteiger partial charge in [0.25, 0.3) is 0 Å². The number of rotatable bonds is 2. The average molecular weight is 246 g/mol. The van der Waals surface area contributed by atoms with Crippen molar-refractivity contribution in [1.29, 1.82) is 0 Å². The van der Waals surface area contributed by atoms with Gasteiger partial charge in [-0.3, -0.25) is 0 Å². The van der Waals surface area contributed by atoms with Crippen LogP contribution in [0.2, 0.25) is 0 Å². The minimum atomic E-state index is -0.612.